The quantitative estimate of drug-likeness (QED) is 0.143. The number of hydrogen-bond acceptors (Lipinski definition) is 8. The molecule has 0 atom stereocenters. The fraction of sp³-hybridized carbons (Fsp3) is 0.286. The minimum absolute atomic E-state index is 0.159. The molecule has 4 aromatic rings. The highest BCUT2D eigenvalue weighted by Gasteiger charge is 2.32. The minimum Gasteiger partial charge on any atom is -0.404 e. The van der Waals surface area contributed by atoms with Crippen molar-refractivity contribution in [1.29, 1.82) is 5.26 Å². The molecule has 2 heterocycles. The van der Waals surface area contributed by atoms with Crippen LogP contribution in [0.15, 0.2) is 54.9 Å². The first kappa shape index (κ1) is 28.5. The zero-order valence-electron chi connectivity index (χ0n) is 21.5. The van der Waals surface area contributed by atoms with Gasteiger partial charge < -0.3 is 26.4 Å². The Morgan fingerprint density at radius 1 is 0.975 bits per heavy atom. The summed E-state index contributed by atoms with van der Waals surface area (Å²) in [6.45, 7) is 3.31. The van der Waals surface area contributed by atoms with Gasteiger partial charge in [-0.15, -0.1) is 13.2 Å². The highest BCUT2D eigenvalue weighted by molar-refractivity contribution is 6.11. The second-order valence-corrected chi connectivity index (χ2v) is 9.03. The number of rotatable bonds is 13. The molecule has 0 aliphatic rings. The van der Waals surface area contributed by atoms with E-state index in [0.29, 0.717) is 42.1 Å². The molecule has 0 bridgehead atoms. The highest BCUT2D eigenvalue weighted by atomic mass is 19.4. The van der Waals surface area contributed by atoms with Crippen LogP contribution >= 0.6 is 0 Å². The maximum atomic E-state index is 12.4. The Morgan fingerprint density at radius 3 is 2.52 bits per heavy atom. The van der Waals surface area contributed by atoms with Crippen LogP contribution in [-0.4, -0.2) is 48.4 Å². The van der Waals surface area contributed by atoms with Crippen LogP contribution in [0.4, 0.5) is 19.0 Å². The Kier molecular flexibility index (Phi) is 9.31. The van der Waals surface area contributed by atoms with Crippen LogP contribution in [0.5, 0.6) is 5.75 Å². The maximum Gasteiger partial charge on any atom is 0.573 e. The standard InChI is InChI=1S/C28H28F3N7O2/c29-28(30,31)40-25-6-3-18(13-20(25)15-32)16-35-9-2-1-8-34-11-12-37-27-22-7-10-36-17-23(22)21-5-4-19(26(33)39)14-24(21)38-27/h3-7,10,13-14,17,34-35H,1-2,8-9,11-12,16H2,(H2,33,39)(H,37,38). The Balaban J connectivity index is 1.18. The normalized spacial score (nSPS) is 11.4. The average molecular weight is 552 g/mol. The number of primary amides is 1. The van der Waals surface area contributed by atoms with E-state index in [1.54, 1.807) is 30.6 Å². The number of nitriles is 1. The summed E-state index contributed by atoms with van der Waals surface area (Å²) in [7, 11) is 0. The highest BCUT2D eigenvalue weighted by Crippen LogP contribution is 2.29. The van der Waals surface area contributed by atoms with Crippen LogP contribution in [-0.2, 0) is 6.54 Å². The molecule has 0 aliphatic heterocycles. The van der Waals surface area contributed by atoms with Crippen LogP contribution < -0.4 is 26.4 Å². The Hall–Kier alpha value is -4.47. The molecule has 0 fully saturated rings. The number of fused-ring (bicyclic) bond motifs is 3. The smallest absolute Gasteiger partial charge is 0.404 e. The number of hydrogen-bond donors (Lipinski definition) is 4. The molecule has 12 heteroatoms. The number of benzene rings is 2. The number of halogens is 3. The lowest BCUT2D eigenvalue weighted by Crippen LogP contribution is -2.24. The molecule has 9 nitrogen and oxygen atoms in total. The third kappa shape index (κ3) is 7.56. The van der Waals surface area contributed by atoms with Gasteiger partial charge in [-0.05, 0) is 61.8 Å². The molecule has 208 valence electrons. The van der Waals surface area contributed by atoms with Gasteiger partial charge in [0.15, 0.2) is 0 Å². The molecule has 1 amide bonds. The first-order chi connectivity index (χ1) is 19.2. The number of alkyl halides is 3. The summed E-state index contributed by atoms with van der Waals surface area (Å²) in [5.41, 5.74) is 7.02. The van der Waals surface area contributed by atoms with E-state index in [2.05, 4.69) is 25.7 Å². The van der Waals surface area contributed by atoms with E-state index in [1.807, 2.05) is 12.1 Å². The van der Waals surface area contributed by atoms with Crippen LogP contribution in [0.1, 0.15) is 34.3 Å². The Morgan fingerprint density at radius 2 is 1.77 bits per heavy atom. The Labute approximate surface area is 228 Å². The van der Waals surface area contributed by atoms with Crippen LogP contribution in [0.3, 0.4) is 0 Å². The number of ether oxygens (including phenoxy) is 1. The Bertz CT molecular complexity index is 1540. The molecule has 0 spiro atoms. The summed E-state index contributed by atoms with van der Waals surface area (Å²) in [4.78, 5) is 20.5. The summed E-state index contributed by atoms with van der Waals surface area (Å²) in [5.74, 6) is -0.307. The minimum atomic E-state index is -4.84. The molecule has 2 aromatic heterocycles. The predicted molar refractivity (Wildman–Crippen MR) is 146 cm³/mol. The number of nitrogens with zero attached hydrogens (tertiary/aromatic N) is 3. The van der Waals surface area contributed by atoms with Crippen molar-refractivity contribution < 1.29 is 22.7 Å². The fourth-order valence-electron chi connectivity index (χ4n) is 4.25. The average Bonchev–Trinajstić information content (AvgIpc) is 2.93. The van der Waals surface area contributed by atoms with Crippen molar-refractivity contribution in [2.45, 2.75) is 25.7 Å². The van der Waals surface area contributed by atoms with E-state index in [4.69, 9.17) is 16.0 Å². The van der Waals surface area contributed by atoms with Crippen molar-refractivity contribution in [3.05, 3.63) is 71.5 Å². The molecule has 0 unspecified atom stereocenters. The van der Waals surface area contributed by atoms with Gasteiger partial charge in [0.1, 0.15) is 17.6 Å². The van der Waals surface area contributed by atoms with Gasteiger partial charge in [-0.3, -0.25) is 9.78 Å². The predicted octanol–water partition coefficient (Wildman–Crippen LogP) is 4.22. The van der Waals surface area contributed by atoms with Crippen molar-refractivity contribution in [3.8, 4) is 11.8 Å². The second kappa shape index (κ2) is 13.1. The van der Waals surface area contributed by atoms with E-state index >= 15 is 0 Å². The number of anilines is 1. The van der Waals surface area contributed by atoms with Gasteiger partial charge in [-0.25, -0.2) is 4.98 Å². The fourth-order valence-corrected chi connectivity index (χ4v) is 4.25. The number of nitrogens with two attached hydrogens (primary N) is 1. The van der Waals surface area contributed by atoms with Gasteiger partial charge in [0.25, 0.3) is 0 Å². The van der Waals surface area contributed by atoms with Crippen LogP contribution in [0.2, 0.25) is 0 Å². The van der Waals surface area contributed by atoms with E-state index < -0.39 is 18.0 Å². The number of carbonyl (C=O) groups excluding carboxylic acids is 1. The SMILES string of the molecule is N#Cc1cc(CNCCCCNCCNc2nc3cc(C(N)=O)ccc3c3cnccc23)ccc1OC(F)(F)F. The topological polar surface area (TPSA) is 138 Å². The molecule has 2 aromatic carbocycles. The zero-order chi connectivity index (χ0) is 28.5. The summed E-state index contributed by atoms with van der Waals surface area (Å²) in [6.07, 6.45) is 0.471. The van der Waals surface area contributed by atoms with E-state index in [0.717, 1.165) is 48.2 Å². The number of nitrogens with one attached hydrogen (secondary N) is 3. The summed E-state index contributed by atoms with van der Waals surface area (Å²) < 4.78 is 41.2. The molecular formula is C28H28F3N7O2. The molecule has 4 rings (SSSR count). The van der Waals surface area contributed by atoms with Gasteiger partial charge in [0, 0.05) is 53.8 Å². The van der Waals surface area contributed by atoms with E-state index in [9.17, 15) is 18.0 Å². The molecule has 40 heavy (non-hydrogen) atoms. The van der Waals surface area contributed by atoms with E-state index in [-0.39, 0.29) is 5.56 Å². The number of carbonyl (C=O) groups is 1. The van der Waals surface area contributed by atoms with Crippen LogP contribution in [0, 0.1) is 11.3 Å². The summed E-state index contributed by atoms with van der Waals surface area (Å²) >= 11 is 0. The van der Waals surface area contributed by atoms with E-state index in [1.165, 1.54) is 12.1 Å². The van der Waals surface area contributed by atoms with Gasteiger partial charge in [-0.1, -0.05) is 12.1 Å². The molecule has 0 saturated carbocycles. The van der Waals surface area contributed by atoms with Crippen molar-refractivity contribution in [1.82, 2.24) is 20.6 Å². The lowest BCUT2D eigenvalue weighted by Gasteiger charge is -2.12. The first-order valence-electron chi connectivity index (χ1n) is 12.7. The summed E-state index contributed by atoms with van der Waals surface area (Å²) in [6, 6.07) is 12.9. The van der Waals surface area contributed by atoms with Gasteiger partial charge >= 0.3 is 6.36 Å². The van der Waals surface area contributed by atoms with Crippen molar-refractivity contribution >= 4 is 33.4 Å². The largest absolute Gasteiger partial charge is 0.573 e. The van der Waals surface area contributed by atoms with Crippen LogP contribution in [0.25, 0.3) is 21.7 Å². The lowest BCUT2D eigenvalue weighted by molar-refractivity contribution is -0.274. The third-order valence-electron chi connectivity index (χ3n) is 6.15. The van der Waals surface area contributed by atoms with Gasteiger partial charge in [-0.2, -0.15) is 5.26 Å². The lowest BCUT2D eigenvalue weighted by atomic mass is 10.1. The van der Waals surface area contributed by atoms with Gasteiger partial charge in [0.05, 0.1) is 11.1 Å². The molecule has 5 N–H and O–H groups in total. The second-order valence-electron chi connectivity index (χ2n) is 9.03. The molecule has 0 radical (unpaired) electrons. The first-order valence-corrected chi connectivity index (χ1v) is 12.7. The zero-order valence-corrected chi connectivity index (χ0v) is 21.5. The maximum absolute atomic E-state index is 12.4. The monoisotopic (exact) mass is 551 g/mol. The molecular weight excluding hydrogens is 523 g/mol. The van der Waals surface area contributed by atoms with Crippen molar-refractivity contribution in [2.75, 3.05) is 31.5 Å². The number of amides is 1. The number of pyridine rings is 2. The van der Waals surface area contributed by atoms with Gasteiger partial charge in [0.2, 0.25) is 5.91 Å². The number of unbranched alkanes of at least 4 members (excludes halogenated alkanes) is 1. The molecule has 0 aliphatic carbocycles. The third-order valence-corrected chi connectivity index (χ3v) is 6.15. The summed E-state index contributed by atoms with van der Waals surface area (Å²) in [5, 5.41) is 21.8. The molecule has 0 saturated heterocycles. The van der Waals surface area contributed by atoms with Crippen molar-refractivity contribution in [3.63, 3.8) is 0 Å². The van der Waals surface area contributed by atoms with Crippen molar-refractivity contribution in [2.24, 2.45) is 5.73 Å². The number of aromatic nitrogens is 2.